The fourth-order valence-corrected chi connectivity index (χ4v) is 3.55. The molecule has 1 aliphatic rings. The molecule has 1 fully saturated rings. The molecule has 1 aromatic heterocycles. The van der Waals surface area contributed by atoms with E-state index in [4.69, 9.17) is 0 Å². The van der Waals surface area contributed by atoms with E-state index in [-0.39, 0.29) is 5.78 Å². The van der Waals surface area contributed by atoms with Crippen molar-refractivity contribution in [3.05, 3.63) is 53.3 Å². The van der Waals surface area contributed by atoms with Crippen molar-refractivity contribution in [3.8, 4) is 5.69 Å². The van der Waals surface area contributed by atoms with Crippen LogP contribution in [0.25, 0.3) is 5.69 Å². The molecule has 0 amide bonds. The summed E-state index contributed by atoms with van der Waals surface area (Å²) in [7, 11) is 2.23. The van der Waals surface area contributed by atoms with Crippen molar-refractivity contribution >= 4 is 5.78 Å². The van der Waals surface area contributed by atoms with E-state index in [0.29, 0.717) is 6.54 Å². The van der Waals surface area contributed by atoms with E-state index in [1.165, 1.54) is 4.90 Å². The van der Waals surface area contributed by atoms with Crippen molar-refractivity contribution in [2.24, 2.45) is 0 Å². The van der Waals surface area contributed by atoms with Crippen LogP contribution in [0.1, 0.15) is 21.7 Å². The molecule has 0 atom stereocenters. The van der Waals surface area contributed by atoms with Gasteiger partial charge in [-0.15, -0.1) is 0 Å². The maximum absolute atomic E-state index is 12.8. The van der Waals surface area contributed by atoms with Crippen molar-refractivity contribution in [2.45, 2.75) is 13.8 Å². The quantitative estimate of drug-likeness (QED) is 0.746. The lowest BCUT2D eigenvalue weighted by Crippen LogP contribution is -3.27. The van der Waals surface area contributed by atoms with E-state index in [1.54, 1.807) is 4.90 Å². The summed E-state index contributed by atoms with van der Waals surface area (Å²) in [4.78, 5) is 15.8. The van der Waals surface area contributed by atoms with Crippen molar-refractivity contribution in [3.63, 3.8) is 0 Å². The maximum Gasteiger partial charge on any atom is 0.218 e. The molecule has 1 aliphatic heterocycles. The first-order valence-corrected chi connectivity index (χ1v) is 8.48. The number of hydrogen-bond acceptors (Lipinski definition) is 1. The van der Waals surface area contributed by atoms with Gasteiger partial charge >= 0.3 is 0 Å². The van der Waals surface area contributed by atoms with Gasteiger partial charge in [0.2, 0.25) is 5.78 Å². The van der Waals surface area contributed by atoms with Crippen LogP contribution in [0.2, 0.25) is 0 Å². The monoisotopic (exact) mass is 313 g/mol. The van der Waals surface area contributed by atoms with Gasteiger partial charge < -0.3 is 14.4 Å². The lowest BCUT2D eigenvalue weighted by atomic mass is 10.1. The van der Waals surface area contributed by atoms with Crippen LogP contribution in [-0.2, 0) is 0 Å². The summed E-state index contributed by atoms with van der Waals surface area (Å²) in [6, 6.07) is 12.3. The molecule has 0 unspecified atom stereocenters. The molecule has 4 heteroatoms. The Kier molecular flexibility index (Phi) is 4.64. The van der Waals surface area contributed by atoms with Crippen LogP contribution in [0.3, 0.4) is 0 Å². The second-order valence-corrected chi connectivity index (χ2v) is 6.76. The third-order valence-electron chi connectivity index (χ3n) is 4.97. The topological polar surface area (TPSA) is 30.9 Å². The molecule has 1 saturated heterocycles. The van der Waals surface area contributed by atoms with Gasteiger partial charge in [0.15, 0.2) is 0 Å². The largest absolute Gasteiger partial charge is 0.328 e. The smallest absolute Gasteiger partial charge is 0.218 e. The number of nitrogens with one attached hydrogen (secondary N) is 2. The molecule has 3 rings (SSSR count). The van der Waals surface area contributed by atoms with Crippen LogP contribution in [0, 0.1) is 13.8 Å². The van der Waals surface area contributed by atoms with Crippen LogP contribution in [-0.4, -0.2) is 50.1 Å². The molecule has 1 aromatic carbocycles. The first kappa shape index (κ1) is 16.0. The van der Waals surface area contributed by atoms with Gasteiger partial charge in [-0.3, -0.25) is 4.79 Å². The summed E-state index contributed by atoms with van der Waals surface area (Å²) >= 11 is 0. The molecule has 2 N–H and O–H groups in total. The van der Waals surface area contributed by atoms with Gasteiger partial charge in [-0.1, -0.05) is 18.2 Å². The van der Waals surface area contributed by atoms with Gasteiger partial charge in [0.25, 0.3) is 0 Å². The Balaban J connectivity index is 1.79. The van der Waals surface area contributed by atoms with Gasteiger partial charge in [-0.05, 0) is 32.0 Å². The number of quaternary nitrogens is 2. The summed E-state index contributed by atoms with van der Waals surface area (Å²) in [5.41, 5.74) is 4.18. The van der Waals surface area contributed by atoms with E-state index in [0.717, 1.165) is 48.8 Å². The van der Waals surface area contributed by atoms with Crippen LogP contribution in [0.5, 0.6) is 0 Å². The average Bonchev–Trinajstić information content (AvgIpc) is 2.85. The van der Waals surface area contributed by atoms with Crippen LogP contribution in [0.4, 0.5) is 0 Å². The van der Waals surface area contributed by atoms with E-state index >= 15 is 0 Å². The van der Waals surface area contributed by atoms with Crippen molar-refractivity contribution in [1.82, 2.24) is 4.57 Å². The number of aryl methyl sites for hydroxylation is 1. The minimum Gasteiger partial charge on any atom is -0.328 e. The number of likely N-dealkylation sites (N-methyl/N-ethyl adjacent to an activating group) is 1. The second-order valence-electron chi connectivity index (χ2n) is 6.76. The molecule has 0 aliphatic carbocycles. The summed E-state index contributed by atoms with van der Waals surface area (Å²) in [5.74, 6) is 0.273. The SMILES string of the molecule is Cc1cc(C(=O)C[NH+]2CC[NH+](C)CC2)c(C)n1-c1ccccc1. The summed E-state index contributed by atoms with van der Waals surface area (Å²) < 4.78 is 2.18. The highest BCUT2D eigenvalue weighted by Gasteiger charge is 2.25. The zero-order valence-corrected chi connectivity index (χ0v) is 14.4. The van der Waals surface area contributed by atoms with Crippen molar-refractivity contribution in [2.75, 3.05) is 39.8 Å². The second kappa shape index (κ2) is 6.69. The Labute approximate surface area is 138 Å². The average molecular weight is 313 g/mol. The Hall–Kier alpha value is -1.91. The molecule has 0 saturated carbocycles. The zero-order valence-electron chi connectivity index (χ0n) is 14.4. The normalized spacial score (nSPS) is 21.3. The highest BCUT2D eigenvalue weighted by atomic mass is 16.1. The van der Waals surface area contributed by atoms with E-state index in [2.05, 4.69) is 37.6 Å². The molecular formula is C19H27N3O+2. The summed E-state index contributed by atoms with van der Waals surface area (Å²) in [6.07, 6.45) is 0. The van der Waals surface area contributed by atoms with Crippen LogP contribution in [0.15, 0.2) is 36.4 Å². The van der Waals surface area contributed by atoms with E-state index < -0.39 is 0 Å². The number of Topliss-reactive ketones (excluding diaryl/α,β-unsaturated/α-hetero) is 1. The Morgan fingerprint density at radius 3 is 2.39 bits per heavy atom. The van der Waals surface area contributed by atoms with Gasteiger partial charge in [0.05, 0.1) is 7.05 Å². The zero-order chi connectivity index (χ0) is 16.4. The fourth-order valence-electron chi connectivity index (χ4n) is 3.55. The lowest BCUT2D eigenvalue weighted by Gasteiger charge is -2.26. The highest BCUT2D eigenvalue weighted by Crippen LogP contribution is 2.20. The lowest BCUT2D eigenvalue weighted by molar-refractivity contribution is -0.999. The maximum atomic E-state index is 12.8. The number of carbonyl (C=O) groups excluding carboxylic acids is 1. The predicted molar refractivity (Wildman–Crippen MR) is 91.8 cm³/mol. The van der Waals surface area contributed by atoms with E-state index in [9.17, 15) is 4.79 Å². The van der Waals surface area contributed by atoms with Gasteiger partial charge in [-0.25, -0.2) is 0 Å². The van der Waals surface area contributed by atoms with Crippen molar-refractivity contribution in [1.29, 1.82) is 0 Å². The number of nitrogens with zero attached hydrogens (tertiary/aromatic N) is 1. The molecule has 2 heterocycles. The summed E-state index contributed by atoms with van der Waals surface area (Å²) in [6.45, 7) is 9.24. The number of para-hydroxylation sites is 1. The molecule has 0 radical (unpaired) electrons. The van der Waals surface area contributed by atoms with Gasteiger partial charge in [0.1, 0.15) is 32.7 Å². The number of ketones is 1. The van der Waals surface area contributed by atoms with Gasteiger partial charge in [0, 0.05) is 22.6 Å². The fraction of sp³-hybridized carbons (Fsp3) is 0.421. The summed E-state index contributed by atoms with van der Waals surface area (Å²) in [5, 5.41) is 0. The molecular weight excluding hydrogens is 286 g/mol. The number of hydrogen-bond donors (Lipinski definition) is 2. The highest BCUT2D eigenvalue weighted by molar-refractivity contribution is 5.98. The third-order valence-corrected chi connectivity index (χ3v) is 4.97. The Bertz CT molecular complexity index is 682. The molecule has 23 heavy (non-hydrogen) atoms. The van der Waals surface area contributed by atoms with Crippen LogP contribution >= 0.6 is 0 Å². The van der Waals surface area contributed by atoms with Crippen molar-refractivity contribution < 1.29 is 14.6 Å². The number of rotatable bonds is 4. The van der Waals surface area contributed by atoms with E-state index in [1.807, 2.05) is 24.3 Å². The molecule has 122 valence electrons. The molecule has 4 nitrogen and oxygen atoms in total. The molecule has 2 aromatic rings. The Morgan fingerprint density at radius 2 is 1.74 bits per heavy atom. The minimum atomic E-state index is 0.273. The predicted octanol–water partition coefficient (Wildman–Crippen LogP) is -0.310. The number of carbonyl (C=O) groups is 1. The Morgan fingerprint density at radius 1 is 1.09 bits per heavy atom. The number of piperazine rings is 1. The number of aromatic nitrogens is 1. The molecule has 0 spiro atoms. The third kappa shape index (κ3) is 3.38. The van der Waals surface area contributed by atoms with Crippen LogP contribution < -0.4 is 9.80 Å². The standard InChI is InChI=1S/C19H25N3O/c1-15-13-18(16(2)22(15)17-7-5-4-6-8-17)19(23)14-21-11-9-20(3)10-12-21/h4-8,13H,9-12,14H2,1-3H3/p+2. The number of benzene rings is 1. The van der Waals surface area contributed by atoms with Gasteiger partial charge in [-0.2, -0.15) is 0 Å². The first-order valence-electron chi connectivity index (χ1n) is 8.48. The molecule has 0 bridgehead atoms. The first-order chi connectivity index (χ1) is 11.1. The minimum absolute atomic E-state index is 0.273.